The number of hydrogen-bond donors (Lipinski definition) is 2. The third-order valence-electron chi connectivity index (χ3n) is 5.95. The zero-order valence-electron chi connectivity index (χ0n) is 19.1. The summed E-state index contributed by atoms with van der Waals surface area (Å²) in [6.45, 7) is 0. The zero-order chi connectivity index (χ0) is 24.2. The molecule has 2 N–H and O–H groups in total. The van der Waals surface area contributed by atoms with Crippen LogP contribution in [0.15, 0.2) is 84.9 Å². The summed E-state index contributed by atoms with van der Waals surface area (Å²) in [6.07, 6.45) is 3.85. The molecule has 3 aromatic carbocycles. The molecule has 2 atom stereocenters. The van der Waals surface area contributed by atoms with Gasteiger partial charge in [-0.15, -0.1) is 5.10 Å². The summed E-state index contributed by atoms with van der Waals surface area (Å²) in [5.74, 6) is 1.28. The van der Waals surface area contributed by atoms with Crippen LogP contribution in [0.3, 0.4) is 0 Å². The Morgan fingerprint density at radius 1 is 1.06 bits per heavy atom. The predicted octanol–water partition coefficient (Wildman–Crippen LogP) is 5.74. The molecule has 0 radical (unpaired) electrons. The summed E-state index contributed by atoms with van der Waals surface area (Å²) < 4.78 is 7.15. The van der Waals surface area contributed by atoms with Crippen LogP contribution >= 0.6 is 11.6 Å². The van der Waals surface area contributed by atoms with Gasteiger partial charge in [-0.05, 0) is 47.4 Å². The van der Waals surface area contributed by atoms with Gasteiger partial charge in [0, 0.05) is 11.1 Å². The van der Waals surface area contributed by atoms with E-state index in [1.165, 1.54) is 6.08 Å². The summed E-state index contributed by atoms with van der Waals surface area (Å²) in [5.41, 5.74) is 3.00. The van der Waals surface area contributed by atoms with E-state index in [9.17, 15) is 4.79 Å². The molecule has 1 aromatic heterocycles. The number of rotatable bonds is 6. The van der Waals surface area contributed by atoms with Crippen LogP contribution in [0.25, 0.3) is 6.08 Å². The molecule has 8 heteroatoms. The Hall–Kier alpha value is -4.10. The average molecular weight is 486 g/mol. The second-order valence-corrected chi connectivity index (χ2v) is 8.59. The monoisotopic (exact) mass is 485 g/mol. The van der Waals surface area contributed by atoms with Crippen molar-refractivity contribution >= 4 is 35.5 Å². The molecular weight excluding hydrogens is 462 g/mol. The Morgan fingerprint density at radius 3 is 2.54 bits per heavy atom. The van der Waals surface area contributed by atoms with Crippen molar-refractivity contribution < 1.29 is 9.53 Å². The van der Waals surface area contributed by atoms with Gasteiger partial charge in [0.2, 0.25) is 5.95 Å². The van der Waals surface area contributed by atoms with Crippen LogP contribution in [0.4, 0.5) is 11.9 Å². The number of hydrogen-bond acceptors (Lipinski definition) is 5. The summed E-state index contributed by atoms with van der Waals surface area (Å²) in [5, 5.41) is 11.4. The van der Waals surface area contributed by atoms with Crippen LogP contribution in [0.2, 0.25) is 5.02 Å². The number of anilines is 2. The maximum Gasteiger partial charge on any atom is 0.250 e. The van der Waals surface area contributed by atoms with Crippen LogP contribution in [0.5, 0.6) is 5.75 Å². The normalized spacial score (nSPS) is 17.0. The van der Waals surface area contributed by atoms with Crippen molar-refractivity contribution in [2.75, 3.05) is 17.7 Å². The van der Waals surface area contributed by atoms with E-state index >= 15 is 0 Å². The summed E-state index contributed by atoms with van der Waals surface area (Å²) >= 11 is 6.17. The number of nitrogens with zero attached hydrogens (tertiary/aromatic N) is 3. The first kappa shape index (κ1) is 22.7. The van der Waals surface area contributed by atoms with Crippen LogP contribution in [0.1, 0.15) is 35.2 Å². The van der Waals surface area contributed by atoms with Crippen molar-refractivity contribution in [3.8, 4) is 5.75 Å². The molecule has 1 aliphatic heterocycles. The fourth-order valence-electron chi connectivity index (χ4n) is 4.17. The quantitative estimate of drug-likeness (QED) is 0.340. The first-order valence-corrected chi connectivity index (χ1v) is 11.6. The molecular formula is C27H24ClN5O2. The maximum absolute atomic E-state index is 12.6. The van der Waals surface area contributed by atoms with Crippen molar-refractivity contribution in [1.82, 2.24) is 14.8 Å². The van der Waals surface area contributed by atoms with Gasteiger partial charge in [0.1, 0.15) is 5.75 Å². The van der Waals surface area contributed by atoms with E-state index in [1.54, 1.807) is 19.3 Å². The number of methoxy groups -OCH3 is 1. The number of benzene rings is 3. The van der Waals surface area contributed by atoms with Crippen molar-refractivity contribution in [2.24, 2.45) is 0 Å². The molecule has 0 saturated heterocycles. The molecule has 1 aliphatic rings. The minimum Gasteiger partial charge on any atom is -0.497 e. The SMILES string of the molecule is COc1ccc([C@@H]2C[C@@H](c3ccccc3)Nc3nc(NC(=O)/C=C/c4ccccc4Cl)nn32)cc1. The van der Waals surface area contributed by atoms with Gasteiger partial charge in [0.25, 0.3) is 11.9 Å². The number of carbonyl (C=O) groups is 1. The molecule has 5 rings (SSSR count). The number of amides is 1. The number of nitrogens with one attached hydrogen (secondary N) is 2. The molecule has 7 nitrogen and oxygen atoms in total. The van der Waals surface area contributed by atoms with Crippen LogP contribution in [-0.4, -0.2) is 27.8 Å². The van der Waals surface area contributed by atoms with E-state index in [1.807, 2.05) is 65.3 Å². The number of fused-ring (bicyclic) bond motifs is 1. The van der Waals surface area contributed by atoms with Crippen molar-refractivity contribution in [2.45, 2.75) is 18.5 Å². The van der Waals surface area contributed by atoms with Crippen LogP contribution in [0, 0.1) is 0 Å². The number of ether oxygens (including phenoxy) is 1. The molecule has 0 unspecified atom stereocenters. The molecule has 0 aliphatic carbocycles. The number of halogens is 1. The van der Waals surface area contributed by atoms with E-state index in [0.717, 1.165) is 28.9 Å². The molecule has 176 valence electrons. The Balaban J connectivity index is 1.42. The number of carbonyl (C=O) groups excluding carboxylic acids is 1. The standard InChI is InChI=1S/C27H24ClN5O2/c1-35-21-14-11-20(12-15-21)24-17-23(19-8-3-2-4-9-19)29-27-31-26(32-33(24)27)30-25(34)16-13-18-7-5-6-10-22(18)28/h2-16,23-24H,17H2,1H3,(H2,29,30,31,32,34)/b16-13+/t23-,24-/m0/s1. The Kier molecular flexibility index (Phi) is 6.50. The highest BCUT2D eigenvalue weighted by atomic mass is 35.5. The highest BCUT2D eigenvalue weighted by Crippen LogP contribution is 2.38. The van der Waals surface area contributed by atoms with Gasteiger partial charge in [0.15, 0.2) is 0 Å². The van der Waals surface area contributed by atoms with Crippen LogP contribution in [-0.2, 0) is 4.79 Å². The highest BCUT2D eigenvalue weighted by molar-refractivity contribution is 6.32. The van der Waals surface area contributed by atoms with Gasteiger partial charge >= 0.3 is 0 Å². The average Bonchev–Trinajstić information content (AvgIpc) is 3.30. The lowest BCUT2D eigenvalue weighted by molar-refractivity contribution is -0.111. The lowest BCUT2D eigenvalue weighted by atomic mass is 9.93. The van der Waals surface area contributed by atoms with Gasteiger partial charge in [-0.1, -0.05) is 72.3 Å². The molecule has 0 saturated carbocycles. The van der Waals surface area contributed by atoms with E-state index in [0.29, 0.717) is 11.0 Å². The zero-order valence-corrected chi connectivity index (χ0v) is 19.8. The minimum absolute atomic E-state index is 0.0451. The van der Waals surface area contributed by atoms with Crippen molar-refractivity contribution in [3.05, 3.63) is 107 Å². The van der Waals surface area contributed by atoms with E-state index < -0.39 is 0 Å². The lowest BCUT2D eigenvalue weighted by Gasteiger charge is -2.31. The number of aromatic nitrogens is 3. The first-order valence-electron chi connectivity index (χ1n) is 11.3. The molecule has 0 fully saturated rings. The third-order valence-corrected chi connectivity index (χ3v) is 6.29. The maximum atomic E-state index is 12.6. The van der Waals surface area contributed by atoms with Gasteiger partial charge in [-0.3, -0.25) is 10.1 Å². The largest absolute Gasteiger partial charge is 0.497 e. The molecule has 0 bridgehead atoms. The third kappa shape index (κ3) is 5.05. The topological polar surface area (TPSA) is 81.1 Å². The molecule has 4 aromatic rings. The van der Waals surface area contributed by atoms with Crippen LogP contribution < -0.4 is 15.4 Å². The Morgan fingerprint density at radius 2 is 1.80 bits per heavy atom. The van der Waals surface area contributed by atoms with Gasteiger partial charge in [-0.2, -0.15) is 4.98 Å². The van der Waals surface area contributed by atoms with E-state index in [-0.39, 0.29) is 23.9 Å². The smallest absolute Gasteiger partial charge is 0.250 e. The highest BCUT2D eigenvalue weighted by Gasteiger charge is 2.31. The van der Waals surface area contributed by atoms with Crippen molar-refractivity contribution in [1.29, 1.82) is 0 Å². The van der Waals surface area contributed by atoms with E-state index in [2.05, 4.69) is 32.8 Å². The summed E-state index contributed by atoms with van der Waals surface area (Å²) in [7, 11) is 1.65. The van der Waals surface area contributed by atoms with Crippen molar-refractivity contribution in [3.63, 3.8) is 0 Å². The lowest BCUT2D eigenvalue weighted by Crippen LogP contribution is -2.28. The minimum atomic E-state index is -0.339. The Labute approximate surface area is 208 Å². The first-order chi connectivity index (χ1) is 17.1. The summed E-state index contributed by atoms with van der Waals surface area (Å²) in [4.78, 5) is 17.1. The summed E-state index contributed by atoms with van der Waals surface area (Å²) in [6, 6.07) is 25.5. The van der Waals surface area contributed by atoms with Gasteiger partial charge in [-0.25, -0.2) is 4.68 Å². The van der Waals surface area contributed by atoms with Gasteiger partial charge in [0.05, 0.1) is 19.2 Å². The Bertz CT molecular complexity index is 1350. The molecule has 35 heavy (non-hydrogen) atoms. The molecule has 0 spiro atoms. The van der Waals surface area contributed by atoms with Gasteiger partial charge < -0.3 is 10.1 Å². The van der Waals surface area contributed by atoms with E-state index in [4.69, 9.17) is 16.3 Å². The second kappa shape index (κ2) is 10.0. The molecule has 2 heterocycles. The fourth-order valence-corrected chi connectivity index (χ4v) is 4.36. The predicted molar refractivity (Wildman–Crippen MR) is 138 cm³/mol. The second-order valence-electron chi connectivity index (χ2n) is 8.18. The molecule has 1 amide bonds. The fraction of sp³-hybridized carbons (Fsp3) is 0.148.